The third kappa shape index (κ3) is 9.76. The Morgan fingerprint density at radius 1 is 1.00 bits per heavy atom. The normalized spacial score (nSPS) is 19.2. The number of likely N-dealkylation sites (tertiary alicyclic amines) is 1. The number of rotatable bonds is 11. The molecule has 0 aliphatic carbocycles. The van der Waals surface area contributed by atoms with Gasteiger partial charge in [0.05, 0.1) is 0 Å². The minimum Gasteiger partial charge on any atom is -0.341 e. The average Bonchev–Trinajstić information content (AvgIpc) is 2.90. The average molecular weight is 549 g/mol. The van der Waals surface area contributed by atoms with Gasteiger partial charge in [0.2, 0.25) is 0 Å². The Balaban J connectivity index is 2.40. The molecular formula is C39H52N2. The Morgan fingerprint density at radius 2 is 1.68 bits per heavy atom. The fourth-order valence-corrected chi connectivity index (χ4v) is 6.08. The van der Waals surface area contributed by atoms with Crippen molar-refractivity contribution in [1.29, 1.82) is 0 Å². The highest BCUT2D eigenvalue weighted by molar-refractivity contribution is 5.41. The molecule has 1 aliphatic rings. The van der Waals surface area contributed by atoms with Crippen LogP contribution >= 0.6 is 0 Å². The van der Waals surface area contributed by atoms with E-state index in [4.69, 9.17) is 0 Å². The van der Waals surface area contributed by atoms with Crippen molar-refractivity contribution >= 4 is 13.2 Å². The van der Waals surface area contributed by atoms with E-state index in [1.165, 1.54) is 16.8 Å². The van der Waals surface area contributed by atoms with Gasteiger partial charge in [-0.2, -0.15) is 0 Å². The van der Waals surface area contributed by atoms with E-state index in [2.05, 4.69) is 121 Å². The zero-order valence-electron chi connectivity index (χ0n) is 26.4. The maximum absolute atomic E-state index is 4.35. The lowest BCUT2D eigenvalue weighted by atomic mass is 9.67. The molecule has 0 spiro atoms. The van der Waals surface area contributed by atoms with Crippen LogP contribution < -0.4 is 15.8 Å². The first kappa shape index (κ1) is 33.6. The van der Waals surface area contributed by atoms with E-state index in [-0.39, 0.29) is 17.0 Å². The molecule has 41 heavy (non-hydrogen) atoms. The van der Waals surface area contributed by atoms with Crippen LogP contribution in [0.5, 0.6) is 0 Å². The van der Waals surface area contributed by atoms with E-state index in [9.17, 15) is 0 Å². The van der Waals surface area contributed by atoms with Crippen molar-refractivity contribution in [3.63, 3.8) is 0 Å². The minimum absolute atomic E-state index is 0.0513. The molecule has 0 aromatic heterocycles. The van der Waals surface area contributed by atoms with Gasteiger partial charge in [0, 0.05) is 29.5 Å². The zero-order chi connectivity index (χ0) is 30.6. The summed E-state index contributed by atoms with van der Waals surface area (Å²) in [4.78, 5) is 2.40. The van der Waals surface area contributed by atoms with E-state index < -0.39 is 0 Å². The summed E-state index contributed by atoms with van der Waals surface area (Å²) >= 11 is 0. The highest BCUT2D eigenvalue weighted by Crippen LogP contribution is 2.45. The van der Waals surface area contributed by atoms with E-state index in [1.54, 1.807) is 6.08 Å². The molecule has 2 heteroatoms. The van der Waals surface area contributed by atoms with Crippen LogP contribution in [0.15, 0.2) is 128 Å². The molecule has 1 fully saturated rings. The molecule has 1 aromatic carbocycles. The lowest BCUT2D eigenvalue weighted by Crippen LogP contribution is -2.48. The van der Waals surface area contributed by atoms with Crippen LogP contribution in [0, 0.1) is 11.3 Å². The molecule has 1 aromatic rings. The van der Waals surface area contributed by atoms with Crippen molar-refractivity contribution < 1.29 is 0 Å². The second-order valence-electron chi connectivity index (χ2n) is 12.2. The molecular weight excluding hydrogens is 496 g/mol. The number of allylic oxidation sites excluding steroid dienone is 9. The predicted molar refractivity (Wildman–Crippen MR) is 183 cm³/mol. The number of nitrogens with one attached hydrogen (secondary N) is 1. The van der Waals surface area contributed by atoms with Gasteiger partial charge in [-0.05, 0) is 91.7 Å². The summed E-state index contributed by atoms with van der Waals surface area (Å²) in [6, 6.07) is 14.5. The van der Waals surface area contributed by atoms with Crippen LogP contribution in [0.2, 0.25) is 0 Å². The third-order valence-electron chi connectivity index (χ3n) is 7.90. The van der Waals surface area contributed by atoms with Crippen LogP contribution in [0.1, 0.15) is 66.0 Å². The monoisotopic (exact) mass is 548 g/mol. The van der Waals surface area contributed by atoms with Gasteiger partial charge in [0.1, 0.15) is 0 Å². The Labute approximate surface area is 250 Å². The first-order chi connectivity index (χ1) is 19.4. The van der Waals surface area contributed by atoms with Crippen molar-refractivity contribution in [2.45, 2.75) is 66.0 Å². The van der Waals surface area contributed by atoms with Crippen molar-refractivity contribution in [2.24, 2.45) is 11.3 Å². The molecule has 2 nitrogen and oxygen atoms in total. The summed E-state index contributed by atoms with van der Waals surface area (Å²) in [5.74, 6) is 0.435. The smallest absolute Gasteiger partial charge is 0.0439 e. The molecule has 1 unspecified atom stereocenters. The Hall–Kier alpha value is -3.62. The molecule has 1 aliphatic heterocycles. The van der Waals surface area contributed by atoms with E-state index in [0.29, 0.717) is 5.92 Å². The number of hydrogen-bond donors (Lipinski definition) is 1. The second kappa shape index (κ2) is 15.4. The van der Waals surface area contributed by atoms with Gasteiger partial charge in [0.15, 0.2) is 0 Å². The van der Waals surface area contributed by atoms with Gasteiger partial charge in [-0.1, -0.05) is 120 Å². The predicted octanol–water partition coefficient (Wildman–Crippen LogP) is 8.63. The standard InChI is InChI=1S/C39H52N2/c1-12-16-17-25-35(15-4)41-28-34(27-33(14-3)37(41)21-13-2)38(8,9)29-39(10,11)40-32(7)36-26-20-23-30(5)22-18-19-24-31(36)6/h12-26,32,34,40H,1-2,4-6,27-29H2,3,7-11H3/b17-16-,22-18?,23-20?,24-19?,33-14-,35-25+,36-26?,37-21+/t32-,34?/m1/s1. The SMILES string of the molecule is C=C/C=C\C=C(/C=C)N1CC(C(C)(C)CC(C)(C)N[C@H](C)c2cccc(=C)ccccc2=C)CC(=C/C)/C1=C\C=C. The summed E-state index contributed by atoms with van der Waals surface area (Å²) in [5, 5.41) is 5.93. The van der Waals surface area contributed by atoms with Gasteiger partial charge in [-0.3, -0.25) is 0 Å². The van der Waals surface area contributed by atoms with Gasteiger partial charge in [-0.25, -0.2) is 0 Å². The number of hydrogen-bond acceptors (Lipinski definition) is 2. The Kier molecular flexibility index (Phi) is 12.6. The Morgan fingerprint density at radius 3 is 2.32 bits per heavy atom. The van der Waals surface area contributed by atoms with Crippen LogP contribution in [0.4, 0.5) is 0 Å². The van der Waals surface area contributed by atoms with E-state index in [0.717, 1.165) is 35.5 Å². The lowest BCUT2D eigenvalue weighted by molar-refractivity contribution is 0.104. The van der Waals surface area contributed by atoms with Crippen LogP contribution in [0.3, 0.4) is 0 Å². The largest absolute Gasteiger partial charge is 0.341 e. The third-order valence-corrected chi connectivity index (χ3v) is 7.90. The van der Waals surface area contributed by atoms with Crippen molar-refractivity contribution in [3.05, 3.63) is 144 Å². The maximum atomic E-state index is 4.35. The summed E-state index contributed by atoms with van der Waals surface area (Å²) in [7, 11) is 0. The van der Waals surface area contributed by atoms with Gasteiger partial charge >= 0.3 is 0 Å². The van der Waals surface area contributed by atoms with Crippen LogP contribution in [0.25, 0.3) is 13.2 Å². The zero-order valence-corrected chi connectivity index (χ0v) is 26.4. The first-order valence-corrected chi connectivity index (χ1v) is 14.7. The molecule has 1 heterocycles. The Bertz CT molecular complexity index is 1360. The first-order valence-electron chi connectivity index (χ1n) is 14.7. The van der Waals surface area contributed by atoms with E-state index in [1.807, 2.05) is 48.6 Å². The number of piperidine rings is 1. The molecule has 2 rings (SSSR count). The molecule has 2 atom stereocenters. The fourth-order valence-electron chi connectivity index (χ4n) is 6.08. The van der Waals surface area contributed by atoms with Crippen molar-refractivity contribution in [2.75, 3.05) is 6.54 Å². The molecule has 0 radical (unpaired) electrons. The highest BCUT2D eigenvalue weighted by Gasteiger charge is 2.40. The summed E-state index contributed by atoms with van der Waals surface area (Å²) in [6.07, 6.45) is 18.1. The van der Waals surface area contributed by atoms with Crippen molar-refractivity contribution in [3.8, 4) is 0 Å². The topological polar surface area (TPSA) is 15.3 Å². The molecule has 0 saturated carbocycles. The summed E-state index contributed by atoms with van der Waals surface area (Å²) in [6.45, 7) is 35.1. The van der Waals surface area contributed by atoms with Crippen LogP contribution in [-0.4, -0.2) is 17.0 Å². The quantitative estimate of drug-likeness (QED) is 0.278. The number of nitrogens with zero attached hydrogens (tertiary/aromatic N) is 1. The van der Waals surface area contributed by atoms with Gasteiger partial charge in [-0.15, -0.1) is 0 Å². The molecule has 218 valence electrons. The van der Waals surface area contributed by atoms with Gasteiger partial charge in [0.25, 0.3) is 0 Å². The van der Waals surface area contributed by atoms with Crippen LogP contribution in [-0.2, 0) is 0 Å². The van der Waals surface area contributed by atoms with Gasteiger partial charge < -0.3 is 10.2 Å². The molecule has 1 saturated heterocycles. The maximum Gasteiger partial charge on any atom is 0.0439 e. The minimum atomic E-state index is -0.113. The molecule has 0 amide bonds. The highest BCUT2D eigenvalue weighted by atomic mass is 15.2. The lowest BCUT2D eigenvalue weighted by Gasteiger charge is -2.48. The second-order valence-corrected chi connectivity index (χ2v) is 12.2. The molecule has 1 N–H and O–H groups in total. The summed E-state index contributed by atoms with van der Waals surface area (Å²) < 4.78 is 0. The fraction of sp³-hybridized carbons (Fsp3) is 0.333. The summed E-state index contributed by atoms with van der Waals surface area (Å²) in [5.41, 5.74) is 4.72. The molecule has 0 bridgehead atoms. The van der Waals surface area contributed by atoms with E-state index >= 15 is 0 Å². The van der Waals surface area contributed by atoms with Crippen molar-refractivity contribution in [1.82, 2.24) is 10.2 Å².